The molecule has 3 amide bonds. The average Bonchev–Trinajstić information content (AvgIpc) is 3.76. The first kappa shape index (κ1) is 37.0. The van der Waals surface area contributed by atoms with Crippen molar-refractivity contribution in [2.75, 3.05) is 31.6 Å². The molecule has 5 bridgehead atoms. The van der Waals surface area contributed by atoms with E-state index in [-0.39, 0.29) is 43.8 Å². The molecule has 1 N–H and O–H groups in total. The fraction of sp³-hybridized carbons (Fsp3) is 0.429. The summed E-state index contributed by atoms with van der Waals surface area (Å²) in [5.41, 5.74) is -0.0336. The minimum Gasteiger partial charge on any atom is -0.455 e. The van der Waals surface area contributed by atoms with E-state index in [2.05, 4.69) is 15.9 Å². The molecular weight excluding hydrogens is 738 g/mol. The van der Waals surface area contributed by atoms with Crippen LogP contribution in [0.5, 0.6) is 0 Å². The van der Waals surface area contributed by atoms with E-state index in [9.17, 15) is 19.5 Å². The number of likely N-dealkylation sites (tertiary alicyclic amines) is 1. The molecule has 2 fully saturated rings. The van der Waals surface area contributed by atoms with E-state index in [0.717, 1.165) is 29.2 Å². The molecule has 0 saturated carbocycles. The third kappa shape index (κ3) is 6.83. The number of allylic oxidation sites excluding steroid dienone is 1. The van der Waals surface area contributed by atoms with Gasteiger partial charge in [0.2, 0.25) is 11.8 Å². The lowest BCUT2D eigenvalue weighted by Gasteiger charge is -2.36. The zero-order chi connectivity index (χ0) is 37.3. The molecule has 2 saturated heterocycles. The number of aliphatic hydroxyl groups excluding tert-OH is 1. The molecule has 0 aliphatic carbocycles. The summed E-state index contributed by atoms with van der Waals surface area (Å²) in [5, 5.41) is 11.3. The van der Waals surface area contributed by atoms with Gasteiger partial charge in [0, 0.05) is 43.3 Å². The topological polar surface area (TPSA) is 117 Å². The molecule has 4 aliphatic rings. The van der Waals surface area contributed by atoms with Gasteiger partial charge in [0.1, 0.15) is 29.8 Å². The molecule has 1 spiro atoms. The van der Waals surface area contributed by atoms with Crippen molar-refractivity contribution in [3.05, 3.63) is 101 Å². The number of ether oxygens (including phenoxy) is 2. The number of carbonyl (C=O) groups is 4. The van der Waals surface area contributed by atoms with Gasteiger partial charge in [-0.15, -0.1) is 0 Å². The van der Waals surface area contributed by atoms with Crippen LogP contribution in [0.25, 0.3) is 10.8 Å². The Hall–Kier alpha value is -4.32. The maximum atomic E-state index is 15.3. The van der Waals surface area contributed by atoms with Crippen molar-refractivity contribution in [2.24, 2.45) is 11.8 Å². The van der Waals surface area contributed by atoms with Gasteiger partial charge in [0.05, 0.1) is 12.0 Å². The van der Waals surface area contributed by atoms with E-state index < -0.39 is 47.7 Å². The molecule has 7 atom stereocenters. The van der Waals surface area contributed by atoms with Gasteiger partial charge in [0.25, 0.3) is 5.91 Å². The second-order valence-corrected chi connectivity index (χ2v) is 15.4. The number of unbranched alkanes of at least 4 members (excludes halogenated alkanes) is 3. The lowest BCUT2D eigenvalue weighted by molar-refractivity contribution is -0.164. The van der Waals surface area contributed by atoms with Crippen LogP contribution < -0.4 is 4.90 Å². The van der Waals surface area contributed by atoms with E-state index in [1.807, 2.05) is 97.9 Å². The van der Waals surface area contributed by atoms with Crippen LogP contribution in [0.4, 0.5) is 5.69 Å². The average molecular weight is 785 g/mol. The fourth-order valence-corrected chi connectivity index (χ4v) is 9.21. The molecule has 278 valence electrons. The number of aliphatic hydroxyl groups is 1. The Morgan fingerprint density at radius 3 is 2.38 bits per heavy atom. The van der Waals surface area contributed by atoms with Gasteiger partial charge in [0.15, 0.2) is 0 Å². The van der Waals surface area contributed by atoms with E-state index >= 15 is 4.79 Å². The van der Waals surface area contributed by atoms with Crippen molar-refractivity contribution in [1.29, 1.82) is 0 Å². The number of anilines is 1. The van der Waals surface area contributed by atoms with Crippen LogP contribution in [0.1, 0.15) is 57.1 Å². The van der Waals surface area contributed by atoms with Crippen LogP contribution in [-0.2, 0) is 28.7 Å². The standard InChI is InChI=1S/C42H46BrN3O7/c1-27-36(29-16-7-5-8-17-29)52-41(51)34-35-39(49)46(23-12-3-4-14-24-47)38(42(35)26-32(43)37(34)53-42)40(50)45(22-13-6-9-19-33(48)44(27)2)31-21-20-28-15-10-11-18-30(28)25-31/h5-8,10-11,13,15-18,20-21,25-27,34-38,47H,3-4,9,12,14,19,22-24H2,1-2H3/b13-6-/t27-,34+,35-,36+,37+,38+,42-/m0/s1. The van der Waals surface area contributed by atoms with Gasteiger partial charge < -0.3 is 29.3 Å². The summed E-state index contributed by atoms with van der Waals surface area (Å²) in [6.07, 6.45) is 7.49. The number of hydrogen-bond acceptors (Lipinski definition) is 7. The zero-order valence-corrected chi connectivity index (χ0v) is 31.7. The van der Waals surface area contributed by atoms with Crippen molar-refractivity contribution >= 4 is 56.1 Å². The number of amides is 3. The van der Waals surface area contributed by atoms with Crippen molar-refractivity contribution in [3.63, 3.8) is 0 Å². The van der Waals surface area contributed by atoms with E-state index in [0.29, 0.717) is 29.4 Å². The van der Waals surface area contributed by atoms with E-state index in [4.69, 9.17) is 9.47 Å². The largest absolute Gasteiger partial charge is 0.455 e. The lowest BCUT2D eigenvalue weighted by atomic mass is 9.74. The number of likely N-dealkylation sites (N-methyl/N-ethyl adjacent to an activating group) is 1. The first-order chi connectivity index (χ1) is 25.7. The number of hydrogen-bond donors (Lipinski definition) is 1. The van der Waals surface area contributed by atoms with Gasteiger partial charge in [-0.2, -0.15) is 0 Å². The SMILES string of the molecule is C[C@H]1[C@H](c2ccccc2)OC(=O)[C@H]2[C@@H]3O[C@@]4(C=C3Br)[C@@H]2C(=O)N(CCCCCCO)[C@@H]4C(=O)N(c2ccc3ccccc3c2)C/C=C\CCC(=O)N1C. The number of rotatable bonds is 8. The summed E-state index contributed by atoms with van der Waals surface area (Å²) in [6, 6.07) is 21.5. The maximum absolute atomic E-state index is 15.3. The lowest BCUT2D eigenvalue weighted by Crippen LogP contribution is -2.56. The number of fused-ring (bicyclic) bond motifs is 3. The molecule has 4 aliphatic heterocycles. The molecule has 3 aromatic rings. The third-order valence-electron chi connectivity index (χ3n) is 11.3. The van der Waals surface area contributed by atoms with Crippen molar-refractivity contribution < 1.29 is 33.8 Å². The Labute approximate surface area is 318 Å². The van der Waals surface area contributed by atoms with Crippen molar-refractivity contribution in [3.8, 4) is 0 Å². The Morgan fingerprint density at radius 1 is 0.868 bits per heavy atom. The molecule has 10 nitrogen and oxygen atoms in total. The monoisotopic (exact) mass is 783 g/mol. The number of nitrogens with zero attached hydrogens (tertiary/aromatic N) is 3. The minimum absolute atomic E-state index is 0.0908. The summed E-state index contributed by atoms with van der Waals surface area (Å²) < 4.78 is 13.7. The Morgan fingerprint density at radius 2 is 1.60 bits per heavy atom. The van der Waals surface area contributed by atoms with E-state index in [1.54, 1.807) is 21.7 Å². The highest BCUT2D eigenvalue weighted by atomic mass is 79.9. The predicted molar refractivity (Wildman–Crippen MR) is 205 cm³/mol. The van der Waals surface area contributed by atoms with Crippen LogP contribution in [-0.4, -0.2) is 89.1 Å². The Balaban J connectivity index is 1.33. The van der Waals surface area contributed by atoms with Gasteiger partial charge in [-0.05, 0) is 60.7 Å². The fourth-order valence-electron chi connectivity index (χ4n) is 8.47. The zero-order valence-electron chi connectivity index (χ0n) is 30.1. The summed E-state index contributed by atoms with van der Waals surface area (Å²) in [7, 11) is 1.72. The van der Waals surface area contributed by atoms with Gasteiger partial charge in [-0.25, -0.2) is 0 Å². The van der Waals surface area contributed by atoms with Crippen LogP contribution in [0.15, 0.2) is 95.5 Å². The Kier molecular flexibility index (Phi) is 10.9. The van der Waals surface area contributed by atoms with Crippen molar-refractivity contribution in [2.45, 2.75) is 75.3 Å². The van der Waals surface area contributed by atoms with Crippen LogP contribution in [0.3, 0.4) is 0 Å². The summed E-state index contributed by atoms with van der Waals surface area (Å²) >= 11 is 3.66. The molecular formula is C42H46BrN3O7. The second kappa shape index (κ2) is 15.6. The molecule has 11 heteroatoms. The quantitative estimate of drug-likeness (QED) is 0.167. The van der Waals surface area contributed by atoms with Gasteiger partial charge in [-0.1, -0.05) is 102 Å². The van der Waals surface area contributed by atoms with Crippen LogP contribution in [0, 0.1) is 11.8 Å². The summed E-state index contributed by atoms with van der Waals surface area (Å²) in [5.74, 6) is -3.39. The summed E-state index contributed by atoms with van der Waals surface area (Å²) in [6.45, 7) is 2.44. The Bertz CT molecular complexity index is 1930. The van der Waals surface area contributed by atoms with Crippen LogP contribution >= 0.6 is 15.9 Å². The molecule has 53 heavy (non-hydrogen) atoms. The van der Waals surface area contributed by atoms with Crippen LogP contribution in [0.2, 0.25) is 0 Å². The highest BCUT2D eigenvalue weighted by Crippen LogP contribution is 2.59. The predicted octanol–water partition coefficient (Wildman–Crippen LogP) is 6.08. The first-order valence-electron chi connectivity index (χ1n) is 18.6. The third-order valence-corrected chi connectivity index (χ3v) is 12.0. The number of benzene rings is 3. The highest BCUT2D eigenvalue weighted by molar-refractivity contribution is 9.11. The molecule has 0 radical (unpaired) electrons. The number of carbonyl (C=O) groups excluding carboxylic acids is 4. The summed E-state index contributed by atoms with van der Waals surface area (Å²) in [4.78, 5) is 63.0. The normalized spacial score (nSPS) is 29.8. The molecule has 7 rings (SSSR count). The minimum atomic E-state index is -1.42. The molecule has 0 aromatic heterocycles. The number of halogens is 1. The van der Waals surface area contributed by atoms with Crippen molar-refractivity contribution in [1.82, 2.24) is 9.80 Å². The van der Waals surface area contributed by atoms with Gasteiger partial charge >= 0.3 is 5.97 Å². The molecule has 0 unspecified atom stereocenters. The second-order valence-electron chi connectivity index (χ2n) is 14.5. The first-order valence-corrected chi connectivity index (χ1v) is 19.4. The number of esters is 1. The smallest absolute Gasteiger partial charge is 0.313 e. The molecule has 4 heterocycles. The van der Waals surface area contributed by atoms with Gasteiger partial charge in [-0.3, -0.25) is 19.2 Å². The number of cyclic esters (lactones) is 1. The molecule has 3 aromatic carbocycles. The maximum Gasteiger partial charge on any atom is 0.313 e. The highest BCUT2D eigenvalue weighted by Gasteiger charge is 2.75. The van der Waals surface area contributed by atoms with E-state index in [1.165, 1.54) is 0 Å².